The minimum atomic E-state index is -0.356. The molecule has 1 rings (SSSR count). The van der Waals surface area contributed by atoms with Crippen LogP contribution in [0.2, 0.25) is 0 Å². The van der Waals surface area contributed by atoms with E-state index < -0.39 is 0 Å². The van der Waals surface area contributed by atoms with Crippen molar-refractivity contribution in [3.8, 4) is 5.75 Å². The fourth-order valence-electron chi connectivity index (χ4n) is 0.933. The Bertz CT molecular complexity index is 342. The summed E-state index contributed by atoms with van der Waals surface area (Å²) in [5, 5.41) is 9.14. The maximum atomic E-state index is 10.9. The van der Waals surface area contributed by atoms with Gasteiger partial charge < -0.3 is 5.11 Å². The van der Waals surface area contributed by atoms with Gasteiger partial charge in [0.2, 0.25) is 5.43 Å². The molecular weight excluding hydrogens is 152 g/mol. The van der Waals surface area contributed by atoms with Gasteiger partial charge in [0.25, 0.3) is 0 Å². The fraction of sp³-hybridized carbons (Fsp3) is 0.100. The lowest BCUT2D eigenvalue weighted by Crippen LogP contribution is -1.91. The van der Waals surface area contributed by atoms with Gasteiger partial charge in [-0.15, -0.1) is 6.58 Å². The van der Waals surface area contributed by atoms with Crippen molar-refractivity contribution >= 4 is 0 Å². The lowest BCUT2D eigenvalue weighted by atomic mass is 10.2. The van der Waals surface area contributed by atoms with Gasteiger partial charge in [0, 0.05) is 0 Å². The molecule has 0 radical (unpaired) electrons. The van der Waals surface area contributed by atoms with Crippen molar-refractivity contribution in [2.75, 3.05) is 0 Å². The van der Waals surface area contributed by atoms with Gasteiger partial charge in [-0.1, -0.05) is 18.2 Å². The van der Waals surface area contributed by atoms with Gasteiger partial charge in [-0.3, -0.25) is 4.79 Å². The number of aromatic hydroxyl groups is 1. The molecule has 0 unspecified atom stereocenters. The molecule has 12 heavy (non-hydrogen) atoms. The van der Waals surface area contributed by atoms with Gasteiger partial charge >= 0.3 is 0 Å². The SMILES string of the molecule is C=CCc1cccc(=O)c(O)c1. The summed E-state index contributed by atoms with van der Waals surface area (Å²) in [4.78, 5) is 10.9. The Hall–Kier alpha value is -1.57. The van der Waals surface area contributed by atoms with Crippen LogP contribution in [0.15, 0.2) is 41.7 Å². The van der Waals surface area contributed by atoms with Gasteiger partial charge in [-0.25, -0.2) is 0 Å². The van der Waals surface area contributed by atoms with Crippen molar-refractivity contribution in [1.29, 1.82) is 0 Å². The van der Waals surface area contributed by atoms with Crippen LogP contribution in [0.3, 0.4) is 0 Å². The normalized spacial score (nSPS) is 9.33. The van der Waals surface area contributed by atoms with E-state index in [9.17, 15) is 4.79 Å². The standard InChI is InChI=1S/C10H10O2/c1-2-4-8-5-3-6-9(11)10(12)7-8/h2-3,5-7H,1,4H2,(H,11,12). The smallest absolute Gasteiger partial charge is 0.220 e. The monoisotopic (exact) mass is 162 g/mol. The zero-order valence-electron chi connectivity index (χ0n) is 6.66. The summed E-state index contributed by atoms with van der Waals surface area (Å²) >= 11 is 0. The maximum Gasteiger partial charge on any atom is 0.220 e. The van der Waals surface area contributed by atoms with E-state index in [1.54, 1.807) is 18.2 Å². The Balaban J connectivity index is 3.21. The minimum absolute atomic E-state index is 0.211. The number of hydrogen-bond acceptors (Lipinski definition) is 2. The third kappa shape index (κ3) is 1.95. The molecule has 1 aromatic rings. The molecule has 2 nitrogen and oxygen atoms in total. The average molecular weight is 162 g/mol. The first kappa shape index (κ1) is 8.53. The van der Waals surface area contributed by atoms with E-state index >= 15 is 0 Å². The highest BCUT2D eigenvalue weighted by atomic mass is 16.3. The summed E-state index contributed by atoms with van der Waals surface area (Å²) < 4.78 is 0. The van der Waals surface area contributed by atoms with Gasteiger partial charge in [0.15, 0.2) is 5.75 Å². The Morgan fingerprint density at radius 3 is 2.92 bits per heavy atom. The molecule has 1 aromatic carbocycles. The van der Waals surface area contributed by atoms with E-state index in [1.807, 2.05) is 0 Å². The van der Waals surface area contributed by atoms with Crippen LogP contribution in [0.1, 0.15) is 5.56 Å². The molecule has 0 atom stereocenters. The van der Waals surface area contributed by atoms with Crippen molar-refractivity contribution < 1.29 is 5.11 Å². The van der Waals surface area contributed by atoms with Crippen LogP contribution >= 0.6 is 0 Å². The Morgan fingerprint density at radius 2 is 2.25 bits per heavy atom. The summed E-state index contributed by atoms with van der Waals surface area (Å²) in [6, 6.07) is 6.20. The first-order valence-electron chi connectivity index (χ1n) is 3.67. The summed E-state index contributed by atoms with van der Waals surface area (Å²) in [6.07, 6.45) is 2.38. The maximum absolute atomic E-state index is 10.9. The number of rotatable bonds is 2. The molecular formula is C10H10O2. The summed E-state index contributed by atoms with van der Waals surface area (Å²) in [5.74, 6) is -0.211. The van der Waals surface area contributed by atoms with Crippen molar-refractivity contribution in [1.82, 2.24) is 0 Å². The first-order valence-corrected chi connectivity index (χ1v) is 3.67. The van der Waals surface area contributed by atoms with E-state index in [4.69, 9.17) is 5.11 Å². The van der Waals surface area contributed by atoms with Crippen molar-refractivity contribution in [3.05, 3.63) is 52.7 Å². The van der Waals surface area contributed by atoms with Gasteiger partial charge in [0.1, 0.15) is 0 Å². The van der Waals surface area contributed by atoms with Crippen LogP contribution in [0.4, 0.5) is 0 Å². The first-order chi connectivity index (χ1) is 5.74. The molecule has 0 aromatic heterocycles. The van der Waals surface area contributed by atoms with E-state index in [1.165, 1.54) is 12.1 Å². The quantitative estimate of drug-likeness (QED) is 0.669. The fourth-order valence-corrected chi connectivity index (χ4v) is 0.933. The molecule has 0 aliphatic carbocycles. The molecule has 2 heteroatoms. The highest BCUT2D eigenvalue weighted by molar-refractivity contribution is 5.26. The van der Waals surface area contributed by atoms with E-state index in [0.29, 0.717) is 6.42 Å². The summed E-state index contributed by atoms with van der Waals surface area (Å²) in [7, 11) is 0. The third-order valence-electron chi connectivity index (χ3n) is 1.51. The van der Waals surface area contributed by atoms with E-state index in [0.717, 1.165) is 5.56 Å². The molecule has 0 spiro atoms. The largest absolute Gasteiger partial charge is 0.504 e. The molecule has 0 amide bonds. The zero-order chi connectivity index (χ0) is 8.97. The van der Waals surface area contributed by atoms with E-state index in [-0.39, 0.29) is 11.2 Å². The summed E-state index contributed by atoms with van der Waals surface area (Å²) in [6.45, 7) is 3.57. The van der Waals surface area contributed by atoms with Gasteiger partial charge in [0.05, 0.1) is 0 Å². The molecule has 0 bridgehead atoms. The second-order valence-electron chi connectivity index (χ2n) is 2.49. The number of allylic oxidation sites excluding steroid dienone is 1. The second kappa shape index (κ2) is 3.72. The van der Waals surface area contributed by atoms with E-state index in [2.05, 4.69) is 6.58 Å². The van der Waals surface area contributed by atoms with Crippen molar-refractivity contribution in [2.24, 2.45) is 0 Å². The van der Waals surface area contributed by atoms with Crippen LogP contribution in [0, 0.1) is 0 Å². The van der Waals surface area contributed by atoms with Gasteiger partial charge in [-0.05, 0) is 24.1 Å². The number of hydrogen-bond donors (Lipinski definition) is 1. The van der Waals surface area contributed by atoms with Crippen molar-refractivity contribution in [2.45, 2.75) is 6.42 Å². The highest BCUT2D eigenvalue weighted by Crippen LogP contribution is 2.04. The molecule has 62 valence electrons. The average Bonchev–Trinajstić information content (AvgIpc) is 2.16. The Kier molecular flexibility index (Phi) is 2.64. The predicted molar refractivity (Wildman–Crippen MR) is 48.3 cm³/mol. The zero-order valence-corrected chi connectivity index (χ0v) is 6.66. The molecule has 0 aliphatic heterocycles. The third-order valence-corrected chi connectivity index (χ3v) is 1.51. The highest BCUT2D eigenvalue weighted by Gasteiger charge is 1.93. The topological polar surface area (TPSA) is 37.3 Å². The van der Waals surface area contributed by atoms with Crippen LogP contribution < -0.4 is 5.43 Å². The lowest BCUT2D eigenvalue weighted by molar-refractivity contribution is 0.470. The molecule has 0 saturated carbocycles. The molecule has 1 N–H and O–H groups in total. The predicted octanol–water partition coefficient (Wildman–Crippen LogP) is 1.48. The molecule has 0 heterocycles. The second-order valence-corrected chi connectivity index (χ2v) is 2.49. The molecule has 0 fully saturated rings. The van der Waals surface area contributed by atoms with Crippen LogP contribution in [0.25, 0.3) is 0 Å². The van der Waals surface area contributed by atoms with Crippen LogP contribution in [0.5, 0.6) is 5.75 Å². The molecule has 0 saturated heterocycles. The Labute approximate surface area is 70.8 Å². The summed E-state index contributed by atoms with van der Waals surface area (Å²) in [5.41, 5.74) is 0.523. The lowest BCUT2D eigenvalue weighted by Gasteiger charge is -1.88. The van der Waals surface area contributed by atoms with Gasteiger partial charge in [-0.2, -0.15) is 0 Å². The minimum Gasteiger partial charge on any atom is -0.504 e. The Morgan fingerprint density at radius 1 is 1.50 bits per heavy atom. The van der Waals surface area contributed by atoms with Crippen LogP contribution in [-0.2, 0) is 6.42 Å². The van der Waals surface area contributed by atoms with Crippen LogP contribution in [-0.4, -0.2) is 5.11 Å². The van der Waals surface area contributed by atoms with Crippen molar-refractivity contribution in [3.63, 3.8) is 0 Å². The molecule has 0 aliphatic rings.